The predicted molar refractivity (Wildman–Crippen MR) is 68.8 cm³/mol. The number of amides is 1. The van der Waals surface area contributed by atoms with E-state index in [1.807, 2.05) is 20.8 Å². The summed E-state index contributed by atoms with van der Waals surface area (Å²) < 4.78 is 5.09. The van der Waals surface area contributed by atoms with Crippen molar-refractivity contribution < 1.29 is 14.6 Å². The van der Waals surface area contributed by atoms with Gasteiger partial charge in [-0.3, -0.25) is 4.79 Å². The van der Waals surface area contributed by atoms with Crippen molar-refractivity contribution in [1.82, 2.24) is 5.32 Å². The summed E-state index contributed by atoms with van der Waals surface area (Å²) in [5.41, 5.74) is -0.164. The highest BCUT2D eigenvalue weighted by atomic mass is 16.5. The largest absolute Gasteiger partial charge is 0.396 e. The minimum Gasteiger partial charge on any atom is -0.396 e. The third-order valence-corrected chi connectivity index (χ3v) is 3.68. The maximum Gasteiger partial charge on any atom is 0.220 e. The number of carbonyl (C=O) groups is 1. The van der Waals surface area contributed by atoms with Crippen LogP contribution in [-0.2, 0) is 9.53 Å². The number of carbonyl (C=O) groups excluding carboxylic acids is 1. The van der Waals surface area contributed by atoms with E-state index in [4.69, 9.17) is 4.74 Å². The van der Waals surface area contributed by atoms with Crippen LogP contribution in [-0.4, -0.2) is 37.4 Å². The number of nitrogens with one attached hydrogen (secondary N) is 1. The van der Waals surface area contributed by atoms with E-state index in [1.165, 1.54) is 0 Å². The first-order valence-electron chi connectivity index (χ1n) is 6.44. The molecule has 4 nitrogen and oxygen atoms in total. The molecule has 0 aromatic rings. The first kappa shape index (κ1) is 16.4. The molecule has 0 heterocycles. The number of rotatable bonds is 9. The fourth-order valence-corrected chi connectivity index (χ4v) is 1.61. The summed E-state index contributed by atoms with van der Waals surface area (Å²) in [5.74, 6) is 0.0358. The quantitative estimate of drug-likeness (QED) is 0.650. The van der Waals surface area contributed by atoms with Crippen LogP contribution in [0.25, 0.3) is 0 Å². The summed E-state index contributed by atoms with van der Waals surface area (Å²) in [6.45, 7) is 6.70. The Morgan fingerprint density at radius 1 is 1.41 bits per heavy atom. The number of hydrogen-bond donors (Lipinski definition) is 2. The Bertz CT molecular complexity index is 206. The van der Waals surface area contributed by atoms with Crippen molar-refractivity contribution in [1.29, 1.82) is 0 Å². The van der Waals surface area contributed by atoms with E-state index in [2.05, 4.69) is 5.32 Å². The van der Waals surface area contributed by atoms with E-state index in [-0.39, 0.29) is 24.0 Å². The average molecular weight is 245 g/mol. The molecule has 17 heavy (non-hydrogen) atoms. The maximum atomic E-state index is 11.6. The molecule has 0 saturated carbocycles. The molecule has 1 unspecified atom stereocenters. The first-order valence-corrected chi connectivity index (χ1v) is 6.44. The van der Waals surface area contributed by atoms with Crippen LogP contribution in [0.15, 0.2) is 0 Å². The fraction of sp³-hybridized carbons (Fsp3) is 0.923. The summed E-state index contributed by atoms with van der Waals surface area (Å²) in [5, 5.41) is 12.3. The van der Waals surface area contributed by atoms with E-state index in [9.17, 15) is 9.90 Å². The molecule has 1 amide bonds. The van der Waals surface area contributed by atoms with Gasteiger partial charge in [0.15, 0.2) is 0 Å². The second-order valence-corrected chi connectivity index (χ2v) is 4.73. The van der Waals surface area contributed by atoms with Crippen LogP contribution in [0, 0.1) is 5.41 Å². The molecule has 0 saturated heterocycles. The van der Waals surface area contributed by atoms with Crippen molar-refractivity contribution >= 4 is 5.91 Å². The van der Waals surface area contributed by atoms with Gasteiger partial charge in [0.25, 0.3) is 0 Å². The summed E-state index contributed by atoms with van der Waals surface area (Å²) >= 11 is 0. The lowest BCUT2D eigenvalue weighted by molar-refractivity contribution is -0.122. The molecule has 1 atom stereocenters. The highest BCUT2D eigenvalue weighted by Gasteiger charge is 2.25. The topological polar surface area (TPSA) is 58.6 Å². The predicted octanol–water partition coefficient (Wildman–Crippen LogP) is 1.72. The average Bonchev–Trinajstić information content (AvgIpc) is 2.38. The van der Waals surface area contributed by atoms with Gasteiger partial charge in [-0.15, -0.1) is 0 Å². The Balaban J connectivity index is 3.97. The highest BCUT2D eigenvalue weighted by molar-refractivity contribution is 5.75. The zero-order valence-corrected chi connectivity index (χ0v) is 11.6. The Hall–Kier alpha value is -0.610. The van der Waals surface area contributed by atoms with Gasteiger partial charge < -0.3 is 15.2 Å². The lowest BCUT2D eigenvalue weighted by Crippen LogP contribution is -2.39. The molecule has 0 aliphatic rings. The van der Waals surface area contributed by atoms with Gasteiger partial charge in [0.1, 0.15) is 0 Å². The van der Waals surface area contributed by atoms with Crippen LogP contribution in [0.5, 0.6) is 0 Å². The fourth-order valence-electron chi connectivity index (χ4n) is 1.61. The van der Waals surface area contributed by atoms with Crippen molar-refractivity contribution in [2.45, 2.75) is 52.6 Å². The Labute approximate surface area is 105 Å². The van der Waals surface area contributed by atoms with E-state index in [0.29, 0.717) is 13.0 Å². The van der Waals surface area contributed by atoms with Crippen molar-refractivity contribution in [2.24, 2.45) is 5.41 Å². The van der Waals surface area contributed by atoms with Gasteiger partial charge in [0, 0.05) is 25.5 Å². The monoisotopic (exact) mass is 245 g/mol. The summed E-state index contributed by atoms with van der Waals surface area (Å²) in [4.78, 5) is 11.6. The van der Waals surface area contributed by atoms with Crippen molar-refractivity contribution in [3.63, 3.8) is 0 Å². The molecule has 0 spiro atoms. The second-order valence-electron chi connectivity index (χ2n) is 4.73. The lowest BCUT2D eigenvalue weighted by atomic mass is 9.83. The van der Waals surface area contributed by atoms with Gasteiger partial charge in [-0.25, -0.2) is 0 Å². The first-order chi connectivity index (χ1) is 8.03. The van der Waals surface area contributed by atoms with Crippen LogP contribution in [0.4, 0.5) is 0 Å². The minimum atomic E-state index is -0.164. The summed E-state index contributed by atoms with van der Waals surface area (Å²) in [7, 11) is 1.65. The smallest absolute Gasteiger partial charge is 0.220 e. The van der Waals surface area contributed by atoms with Crippen LogP contribution in [0.1, 0.15) is 46.5 Å². The Morgan fingerprint density at radius 2 is 2.00 bits per heavy atom. The van der Waals surface area contributed by atoms with Gasteiger partial charge >= 0.3 is 0 Å². The molecular weight excluding hydrogens is 218 g/mol. The number of aliphatic hydroxyl groups excluding tert-OH is 1. The second kappa shape index (κ2) is 8.48. The molecule has 0 aliphatic carbocycles. The Kier molecular flexibility index (Phi) is 8.17. The molecule has 0 aliphatic heterocycles. The zero-order valence-electron chi connectivity index (χ0n) is 11.6. The van der Waals surface area contributed by atoms with Gasteiger partial charge in [0.2, 0.25) is 5.91 Å². The number of aliphatic hydroxyl groups is 1. The van der Waals surface area contributed by atoms with Gasteiger partial charge in [-0.1, -0.05) is 13.8 Å². The lowest BCUT2D eigenvalue weighted by Gasteiger charge is -2.29. The molecule has 102 valence electrons. The van der Waals surface area contributed by atoms with Crippen LogP contribution >= 0.6 is 0 Å². The van der Waals surface area contributed by atoms with Crippen LogP contribution in [0.3, 0.4) is 0 Å². The molecular formula is C13H27NO3. The normalized spacial score (nSPS) is 13.5. The SMILES string of the molecule is CCC(CC)(CO)CNC(=O)CCC(C)OC. The van der Waals surface area contributed by atoms with E-state index >= 15 is 0 Å². The molecule has 0 bridgehead atoms. The molecule has 4 heteroatoms. The molecule has 0 rings (SSSR count). The van der Waals surface area contributed by atoms with E-state index < -0.39 is 0 Å². The Morgan fingerprint density at radius 3 is 2.41 bits per heavy atom. The molecule has 0 fully saturated rings. The number of ether oxygens (including phenoxy) is 1. The van der Waals surface area contributed by atoms with Crippen molar-refractivity contribution in [3.8, 4) is 0 Å². The van der Waals surface area contributed by atoms with Crippen molar-refractivity contribution in [2.75, 3.05) is 20.3 Å². The molecule has 0 aromatic heterocycles. The summed E-state index contributed by atoms with van der Waals surface area (Å²) in [6.07, 6.45) is 3.06. The maximum absolute atomic E-state index is 11.6. The van der Waals surface area contributed by atoms with Gasteiger partial charge in [0.05, 0.1) is 12.7 Å². The summed E-state index contributed by atoms with van der Waals surface area (Å²) in [6, 6.07) is 0. The van der Waals surface area contributed by atoms with Crippen LogP contribution in [0.2, 0.25) is 0 Å². The standard InChI is InChI=1S/C13H27NO3/c1-5-13(6-2,10-15)9-14-12(16)8-7-11(3)17-4/h11,15H,5-10H2,1-4H3,(H,14,16). The third kappa shape index (κ3) is 6.03. The van der Waals surface area contributed by atoms with Crippen molar-refractivity contribution in [3.05, 3.63) is 0 Å². The minimum absolute atomic E-state index is 0.0358. The van der Waals surface area contributed by atoms with Gasteiger partial charge in [-0.2, -0.15) is 0 Å². The van der Waals surface area contributed by atoms with Gasteiger partial charge in [-0.05, 0) is 26.2 Å². The molecule has 0 aromatic carbocycles. The molecule has 0 radical (unpaired) electrons. The highest BCUT2D eigenvalue weighted by Crippen LogP contribution is 2.24. The zero-order chi connectivity index (χ0) is 13.3. The molecule has 2 N–H and O–H groups in total. The number of methoxy groups -OCH3 is 1. The number of hydrogen-bond acceptors (Lipinski definition) is 3. The third-order valence-electron chi connectivity index (χ3n) is 3.68. The van der Waals surface area contributed by atoms with Crippen LogP contribution < -0.4 is 5.32 Å². The van der Waals surface area contributed by atoms with E-state index in [0.717, 1.165) is 19.3 Å². The van der Waals surface area contributed by atoms with E-state index in [1.54, 1.807) is 7.11 Å².